The zero-order valence-corrected chi connectivity index (χ0v) is 19.3. The summed E-state index contributed by atoms with van der Waals surface area (Å²) in [5.41, 5.74) is 3.53. The van der Waals surface area contributed by atoms with Crippen molar-refractivity contribution >= 4 is 37.5 Å². The number of ether oxygens (including phenoxy) is 1. The van der Waals surface area contributed by atoms with Crippen LogP contribution in [0.1, 0.15) is 6.92 Å². The van der Waals surface area contributed by atoms with Gasteiger partial charge in [-0.05, 0) is 36.8 Å². The molecule has 9 nitrogen and oxygen atoms in total. The first kappa shape index (κ1) is 22.6. The molecule has 4 aromatic rings. The van der Waals surface area contributed by atoms with E-state index in [1.807, 2.05) is 35.7 Å². The summed E-state index contributed by atoms with van der Waals surface area (Å²) in [5.74, 6) is -0.211. The van der Waals surface area contributed by atoms with Crippen LogP contribution in [-0.2, 0) is 14.8 Å². The summed E-state index contributed by atoms with van der Waals surface area (Å²) in [4.78, 5) is 30.5. The number of aromatic nitrogens is 2. The van der Waals surface area contributed by atoms with Gasteiger partial charge in [0.1, 0.15) is 16.9 Å². The molecule has 33 heavy (non-hydrogen) atoms. The summed E-state index contributed by atoms with van der Waals surface area (Å²) in [6, 6.07) is 14.0. The van der Waals surface area contributed by atoms with Crippen molar-refractivity contribution in [3.8, 4) is 16.9 Å². The molecule has 0 saturated carbocycles. The zero-order valence-electron chi connectivity index (χ0n) is 17.7. The number of nitrogens with one attached hydrogen (secondary N) is 2. The molecule has 170 valence electrons. The molecule has 0 fully saturated rings. The lowest BCUT2D eigenvalue weighted by atomic mass is 10.1. The highest BCUT2D eigenvalue weighted by atomic mass is 32.2. The van der Waals surface area contributed by atoms with Crippen LogP contribution in [0.3, 0.4) is 0 Å². The van der Waals surface area contributed by atoms with Crippen molar-refractivity contribution < 1.29 is 17.9 Å². The molecule has 2 heterocycles. The number of hydrogen-bond acceptors (Lipinski definition) is 7. The molecule has 0 aliphatic heterocycles. The van der Waals surface area contributed by atoms with Crippen LogP contribution < -0.4 is 20.4 Å². The van der Waals surface area contributed by atoms with Gasteiger partial charge in [0.2, 0.25) is 10.0 Å². The number of methoxy groups -OCH3 is 1. The van der Waals surface area contributed by atoms with Gasteiger partial charge in [-0.2, -0.15) is 4.72 Å². The Morgan fingerprint density at radius 1 is 1.12 bits per heavy atom. The molecule has 0 aliphatic carbocycles. The third-order valence-electron chi connectivity index (χ3n) is 4.91. The van der Waals surface area contributed by atoms with E-state index in [9.17, 15) is 18.0 Å². The fourth-order valence-corrected chi connectivity index (χ4v) is 5.28. The maximum atomic E-state index is 13.1. The number of rotatable bonds is 7. The molecule has 2 aromatic heterocycles. The summed E-state index contributed by atoms with van der Waals surface area (Å²) < 4.78 is 33.5. The Bertz CT molecular complexity index is 1460. The highest BCUT2D eigenvalue weighted by Gasteiger charge is 2.23. The Labute approximate surface area is 193 Å². The number of hydrogen-bond donors (Lipinski definition) is 2. The van der Waals surface area contributed by atoms with Crippen molar-refractivity contribution in [1.82, 2.24) is 14.4 Å². The predicted octanol–water partition coefficient (Wildman–Crippen LogP) is 2.57. The van der Waals surface area contributed by atoms with E-state index in [4.69, 9.17) is 4.74 Å². The molecule has 0 bridgehead atoms. The van der Waals surface area contributed by atoms with E-state index in [-0.39, 0.29) is 4.90 Å². The molecule has 2 aromatic carbocycles. The van der Waals surface area contributed by atoms with Gasteiger partial charge in [-0.15, -0.1) is 11.3 Å². The highest BCUT2D eigenvalue weighted by Crippen LogP contribution is 2.30. The molecule has 11 heteroatoms. The molecule has 2 N–H and O–H groups in total. The van der Waals surface area contributed by atoms with E-state index in [0.29, 0.717) is 21.5 Å². The second-order valence-corrected chi connectivity index (χ2v) is 9.68. The van der Waals surface area contributed by atoms with Gasteiger partial charge in [0.25, 0.3) is 11.5 Å². The predicted molar refractivity (Wildman–Crippen MR) is 126 cm³/mol. The largest absolute Gasteiger partial charge is 0.497 e. The zero-order chi connectivity index (χ0) is 23.6. The minimum Gasteiger partial charge on any atom is -0.497 e. The summed E-state index contributed by atoms with van der Waals surface area (Å²) in [6.45, 7) is 1.38. The van der Waals surface area contributed by atoms with Gasteiger partial charge in [0.15, 0.2) is 0 Å². The van der Waals surface area contributed by atoms with Gasteiger partial charge in [-0.25, -0.2) is 18.1 Å². The van der Waals surface area contributed by atoms with Gasteiger partial charge in [0, 0.05) is 10.9 Å². The van der Waals surface area contributed by atoms with Gasteiger partial charge in [0.05, 0.1) is 23.4 Å². The first-order chi connectivity index (χ1) is 15.8. The molecular formula is C22H20N4O5S2. The number of thiophene rings is 1. The Kier molecular flexibility index (Phi) is 6.27. The summed E-state index contributed by atoms with van der Waals surface area (Å²) in [6.07, 6.45) is 1.21. The number of benzene rings is 2. The smallest absolute Gasteiger partial charge is 0.281 e. The Morgan fingerprint density at radius 2 is 1.82 bits per heavy atom. The van der Waals surface area contributed by atoms with E-state index in [1.54, 1.807) is 0 Å². The topological polar surface area (TPSA) is 119 Å². The molecule has 1 atom stereocenters. The quantitative estimate of drug-likeness (QED) is 0.416. The number of amides is 1. The molecule has 0 saturated heterocycles. The minimum absolute atomic E-state index is 0.0195. The Morgan fingerprint density at radius 3 is 2.48 bits per heavy atom. The average Bonchev–Trinajstić information content (AvgIpc) is 3.26. The van der Waals surface area contributed by atoms with Crippen molar-refractivity contribution in [3.63, 3.8) is 0 Å². The maximum absolute atomic E-state index is 13.1. The molecule has 0 radical (unpaired) electrons. The van der Waals surface area contributed by atoms with Crippen molar-refractivity contribution in [2.45, 2.75) is 17.9 Å². The molecule has 1 amide bonds. The number of carbonyl (C=O) groups is 1. The lowest BCUT2D eigenvalue weighted by Crippen LogP contribution is -2.45. The molecule has 0 spiro atoms. The van der Waals surface area contributed by atoms with Crippen molar-refractivity contribution in [1.29, 1.82) is 0 Å². The third-order valence-corrected chi connectivity index (χ3v) is 7.35. The van der Waals surface area contributed by atoms with E-state index in [1.165, 1.54) is 56.0 Å². The highest BCUT2D eigenvalue weighted by molar-refractivity contribution is 7.89. The van der Waals surface area contributed by atoms with Gasteiger partial charge in [-0.3, -0.25) is 15.0 Å². The fourth-order valence-electron chi connectivity index (χ4n) is 3.17. The van der Waals surface area contributed by atoms with E-state index >= 15 is 0 Å². The summed E-state index contributed by atoms with van der Waals surface area (Å²) >= 11 is 1.33. The third kappa shape index (κ3) is 4.65. The first-order valence-corrected chi connectivity index (χ1v) is 12.2. The van der Waals surface area contributed by atoms with Crippen LogP contribution in [0.15, 0.2) is 76.0 Å². The lowest BCUT2D eigenvalue weighted by Gasteiger charge is -2.15. The minimum atomic E-state index is -3.97. The number of fused-ring (bicyclic) bond motifs is 1. The normalized spacial score (nSPS) is 12.4. The standard InChI is InChI=1S/C22H20N4O5S2/c1-14(25-33(29,30)17-10-8-16(31-2)9-11-17)20(27)24-26-13-23-21-19(22(26)28)18(12-32-21)15-6-4-3-5-7-15/h3-14,25H,1-2H3,(H,24,27)/t14-/m0/s1. The second-order valence-electron chi connectivity index (χ2n) is 7.11. The van der Waals surface area contributed by atoms with Gasteiger partial charge < -0.3 is 4.74 Å². The van der Waals surface area contributed by atoms with E-state index in [0.717, 1.165) is 10.2 Å². The van der Waals surface area contributed by atoms with Crippen LogP contribution in [-0.4, -0.2) is 37.1 Å². The summed E-state index contributed by atoms with van der Waals surface area (Å²) in [7, 11) is -2.49. The monoisotopic (exact) mass is 484 g/mol. The molecule has 0 aliphatic rings. The maximum Gasteiger partial charge on any atom is 0.281 e. The molecular weight excluding hydrogens is 464 g/mol. The van der Waals surface area contributed by atoms with E-state index in [2.05, 4.69) is 15.1 Å². The summed E-state index contributed by atoms with van der Waals surface area (Å²) in [5, 5.41) is 2.21. The van der Waals surface area contributed by atoms with Crippen molar-refractivity contribution in [2.24, 2.45) is 0 Å². The van der Waals surface area contributed by atoms with Crippen LogP contribution in [0.25, 0.3) is 21.3 Å². The SMILES string of the molecule is COc1ccc(S(=O)(=O)N[C@@H](C)C(=O)Nn2cnc3scc(-c4ccccc4)c3c2=O)cc1. The van der Waals surface area contributed by atoms with Gasteiger partial charge >= 0.3 is 0 Å². The number of nitrogens with zero attached hydrogens (tertiary/aromatic N) is 2. The lowest BCUT2D eigenvalue weighted by molar-refractivity contribution is -0.118. The van der Waals surface area contributed by atoms with Crippen LogP contribution in [0.5, 0.6) is 5.75 Å². The average molecular weight is 485 g/mol. The van der Waals surface area contributed by atoms with Crippen LogP contribution in [0.2, 0.25) is 0 Å². The van der Waals surface area contributed by atoms with E-state index < -0.39 is 27.5 Å². The number of carbonyl (C=O) groups excluding carboxylic acids is 1. The van der Waals surface area contributed by atoms with Crippen molar-refractivity contribution in [3.05, 3.63) is 76.7 Å². The Hall–Kier alpha value is -3.54. The van der Waals surface area contributed by atoms with Crippen molar-refractivity contribution in [2.75, 3.05) is 12.5 Å². The Balaban J connectivity index is 1.56. The fraction of sp³-hybridized carbons (Fsp3) is 0.136. The van der Waals surface area contributed by atoms with Crippen LogP contribution >= 0.6 is 11.3 Å². The van der Waals surface area contributed by atoms with Crippen LogP contribution in [0.4, 0.5) is 0 Å². The second kappa shape index (κ2) is 9.14. The molecule has 4 rings (SSSR count). The number of sulfonamides is 1. The first-order valence-electron chi connectivity index (χ1n) is 9.81. The van der Waals surface area contributed by atoms with Gasteiger partial charge in [-0.1, -0.05) is 30.3 Å². The van der Waals surface area contributed by atoms with Crippen LogP contribution in [0, 0.1) is 0 Å². The molecule has 0 unspecified atom stereocenters.